The maximum absolute atomic E-state index is 11.8. The van der Waals surface area contributed by atoms with Gasteiger partial charge in [-0.1, -0.05) is 23.7 Å². The standard InChI is InChI=1S/C18H21ClN2O5S/c1-21(27(2,23)24)14-7-9-15(10-8-14)26-13-18(22)20-11-12-25-17-6-4-3-5-16(17)19/h3-10H,11-13H2,1-2H3,(H,20,22). The molecule has 0 fully saturated rings. The second-order valence-corrected chi connectivity index (χ2v) is 8.06. The average molecular weight is 413 g/mol. The molecule has 7 nitrogen and oxygen atoms in total. The molecular formula is C18H21ClN2O5S. The molecule has 2 rings (SSSR count). The van der Waals surface area contributed by atoms with E-state index in [2.05, 4.69) is 5.32 Å². The van der Waals surface area contributed by atoms with E-state index in [1.54, 1.807) is 42.5 Å². The zero-order valence-corrected chi connectivity index (χ0v) is 16.6. The summed E-state index contributed by atoms with van der Waals surface area (Å²) >= 11 is 5.97. The van der Waals surface area contributed by atoms with E-state index in [-0.39, 0.29) is 19.1 Å². The van der Waals surface area contributed by atoms with Crippen LogP contribution in [-0.2, 0) is 14.8 Å². The number of hydrogen-bond acceptors (Lipinski definition) is 5. The molecule has 0 atom stereocenters. The highest BCUT2D eigenvalue weighted by Gasteiger charge is 2.11. The van der Waals surface area contributed by atoms with Crippen molar-refractivity contribution in [2.24, 2.45) is 0 Å². The molecule has 2 aromatic rings. The van der Waals surface area contributed by atoms with Gasteiger partial charge in [0.25, 0.3) is 5.91 Å². The maximum atomic E-state index is 11.8. The molecule has 2 aromatic carbocycles. The van der Waals surface area contributed by atoms with Crippen LogP contribution in [0.1, 0.15) is 0 Å². The summed E-state index contributed by atoms with van der Waals surface area (Å²) in [7, 11) is -1.86. The van der Waals surface area contributed by atoms with Crippen LogP contribution >= 0.6 is 11.6 Å². The first kappa shape index (κ1) is 20.9. The molecule has 0 saturated heterocycles. The number of amides is 1. The van der Waals surface area contributed by atoms with Crippen LogP contribution in [0.4, 0.5) is 5.69 Å². The summed E-state index contributed by atoms with van der Waals surface area (Å²) in [6, 6.07) is 13.5. The van der Waals surface area contributed by atoms with Crippen molar-refractivity contribution in [3.63, 3.8) is 0 Å². The van der Waals surface area contributed by atoms with E-state index in [1.807, 2.05) is 6.07 Å². The van der Waals surface area contributed by atoms with Crippen LogP contribution in [-0.4, -0.2) is 47.4 Å². The molecular weight excluding hydrogens is 392 g/mol. The Bertz CT molecular complexity index is 872. The molecule has 0 radical (unpaired) electrons. The van der Waals surface area contributed by atoms with Gasteiger partial charge in [0.1, 0.15) is 18.1 Å². The summed E-state index contributed by atoms with van der Waals surface area (Å²) < 4.78 is 35.0. The van der Waals surface area contributed by atoms with Gasteiger partial charge >= 0.3 is 0 Å². The van der Waals surface area contributed by atoms with Crippen molar-refractivity contribution in [1.82, 2.24) is 5.32 Å². The largest absolute Gasteiger partial charge is 0.490 e. The van der Waals surface area contributed by atoms with E-state index >= 15 is 0 Å². The Morgan fingerprint density at radius 3 is 2.41 bits per heavy atom. The Hall–Kier alpha value is -2.45. The molecule has 0 aromatic heterocycles. The van der Waals surface area contributed by atoms with Crippen molar-refractivity contribution in [2.75, 3.05) is 37.4 Å². The second kappa shape index (κ2) is 9.48. The predicted molar refractivity (Wildman–Crippen MR) is 105 cm³/mol. The SMILES string of the molecule is CN(c1ccc(OCC(=O)NCCOc2ccccc2Cl)cc1)S(C)(=O)=O. The third kappa shape index (κ3) is 6.65. The molecule has 0 aliphatic heterocycles. The van der Waals surface area contributed by atoms with Crippen molar-refractivity contribution in [3.05, 3.63) is 53.6 Å². The molecule has 0 unspecified atom stereocenters. The highest BCUT2D eigenvalue weighted by atomic mass is 35.5. The van der Waals surface area contributed by atoms with E-state index < -0.39 is 10.0 Å². The highest BCUT2D eigenvalue weighted by Crippen LogP contribution is 2.22. The summed E-state index contributed by atoms with van der Waals surface area (Å²) in [5.41, 5.74) is 0.506. The number of nitrogens with zero attached hydrogens (tertiary/aromatic N) is 1. The fourth-order valence-electron chi connectivity index (χ4n) is 2.06. The molecule has 9 heteroatoms. The summed E-state index contributed by atoms with van der Waals surface area (Å²) in [5.74, 6) is 0.724. The molecule has 1 amide bonds. The van der Waals surface area contributed by atoms with Crippen LogP contribution in [0.5, 0.6) is 11.5 Å². The van der Waals surface area contributed by atoms with Gasteiger partial charge in [-0.15, -0.1) is 0 Å². The monoisotopic (exact) mass is 412 g/mol. The van der Waals surface area contributed by atoms with Gasteiger partial charge in [0, 0.05) is 7.05 Å². The summed E-state index contributed by atoms with van der Waals surface area (Å²) in [4.78, 5) is 11.8. The van der Waals surface area contributed by atoms with Crippen molar-refractivity contribution in [2.45, 2.75) is 0 Å². The smallest absolute Gasteiger partial charge is 0.258 e. The van der Waals surface area contributed by atoms with Gasteiger partial charge < -0.3 is 14.8 Å². The average Bonchev–Trinajstić information content (AvgIpc) is 2.64. The number of benzene rings is 2. The lowest BCUT2D eigenvalue weighted by molar-refractivity contribution is -0.123. The number of halogens is 1. The van der Waals surface area contributed by atoms with Gasteiger partial charge in [0.2, 0.25) is 10.0 Å². The first-order valence-electron chi connectivity index (χ1n) is 8.08. The number of carbonyl (C=O) groups excluding carboxylic acids is 1. The minimum absolute atomic E-state index is 0.159. The molecule has 0 aliphatic rings. The number of hydrogen-bond donors (Lipinski definition) is 1. The van der Waals surface area contributed by atoms with E-state index in [0.29, 0.717) is 28.8 Å². The van der Waals surface area contributed by atoms with Crippen LogP contribution < -0.4 is 19.1 Å². The van der Waals surface area contributed by atoms with E-state index in [0.717, 1.165) is 10.6 Å². The quantitative estimate of drug-likeness (QED) is 0.639. The zero-order chi connectivity index (χ0) is 19.9. The Balaban J connectivity index is 1.72. The van der Waals surface area contributed by atoms with E-state index in [9.17, 15) is 13.2 Å². The summed E-state index contributed by atoms with van der Waals surface area (Å²) in [6.07, 6.45) is 1.12. The lowest BCUT2D eigenvalue weighted by Gasteiger charge is -2.16. The van der Waals surface area contributed by atoms with Crippen molar-refractivity contribution >= 4 is 33.2 Å². The molecule has 0 spiro atoms. The third-order valence-corrected chi connectivity index (χ3v) is 5.10. The van der Waals surface area contributed by atoms with Gasteiger partial charge in [-0.3, -0.25) is 9.10 Å². The maximum Gasteiger partial charge on any atom is 0.258 e. The molecule has 0 heterocycles. The molecule has 146 valence electrons. The minimum Gasteiger partial charge on any atom is -0.490 e. The normalized spacial score (nSPS) is 10.9. The lowest BCUT2D eigenvalue weighted by Crippen LogP contribution is -2.32. The Labute approximate surface area is 163 Å². The summed E-state index contributed by atoms with van der Waals surface area (Å²) in [5, 5.41) is 3.18. The second-order valence-electron chi connectivity index (χ2n) is 5.64. The Morgan fingerprint density at radius 1 is 1.11 bits per heavy atom. The predicted octanol–water partition coefficient (Wildman–Crippen LogP) is 2.31. The number of sulfonamides is 1. The van der Waals surface area contributed by atoms with Crippen molar-refractivity contribution in [1.29, 1.82) is 0 Å². The van der Waals surface area contributed by atoms with Crippen LogP contribution in [0.25, 0.3) is 0 Å². The van der Waals surface area contributed by atoms with Crippen LogP contribution in [0.3, 0.4) is 0 Å². The van der Waals surface area contributed by atoms with Gasteiger partial charge in [-0.05, 0) is 36.4 Å². The zero-order valence-electron chi connectivity index (χ0n) is 15.0. The van der Waals surface area contributed by atoms with Gasteiger partial charge in [-0.25, -0.2) is 8.42 Å². The number of carbonyl (C=O) groups is 1. The number of rotatable bonds is 9. The first-order chi connectivity index (χ1) is 12.8. The minimum atomic E-state index is -3.32. The number of para-hydroxylation sites is 1. The van der Waals surface area contributed by atoms with E-state index in [4.69, 9.17) is 21.1 Å². The molecule has 1 N–H and O–H groups in total. The van der Waals surface area contributed by atoms with Crippen molar-refractivity contribution < 1.29 is 22.7 Å². The molecule has 0 bridgehead atoms. The van der Waals surface area contributed by atoms with Crippen LogP contribution in [0, 0.1) is 0 Å². The summed E-state index contributed by atoms with van der Waals surface area (Å²) in [6.45, 7) is 0.431. The molecule has 0 aliphatic carbocycles. The Kier molecular flexibility index (Phi) is 7.32. The lowest BCUT2D eigenvalue weighted by atomic mass is 10.3. The van der Waals surface area contributed by atoms with E-state index in [1.165, 1.54) is 7.05 Å². The number of nitrogens with one attached hydrogen (secondary N) is 1. The topological polar surface area (TPSA) is 84.9 Å². The Morgan fingerprint density at radius 2 is 1.78 bits per heavy atom. The van der Waals surface area contributed by atoms with Crippen molar-refractivity contribution in [3.8, 4) is 11.5 Å². The van der Waals surface area contributed by atoms with Crippen LogP contribution in [0.2, 0.25) is 5.02 Å². The molecule has 0 saturated carbocycles. The number of ether oxygens (including phenoxy) is 2. The highest BCUT2D eigenvalue weighted by molar-refractivity contribution is 7.92. The third-order valence-electron chi connectivity index (χ3n) is 3.59. The number of anilines is 1. The van der Waals surface area contributed by atoms with Gasteiger partial charge in [-0.2, -0.15) is 0 Å². The van der Waals surface area contributed by atoms with Gasteiger partial charge in [0.05, 0.1) is 23.5 Å². The first-order valence-corrected chi connectivity index (χ1v) is 10.3. The fourth-order valence-corrected chi connectivity index (χ4v) is 2.75. The van der Waals surface area contributed by atoms with Crippen LogP contribution in [0.15, 0.2) is 48.5 Å². The molecule has 27 heavy (non-hydrogen) atoms. The fraction of sp³-hybridized carbons (Fsp3) is 0.278. The van der Waals surface area contributed by atoms with Gasteiger partial charge in [0.15, 0.2) is 6.61 Å².